The number of pyridine rings is 1. The van der Waals surface area contributed by atoms with Crippen LogP contribution in [0.15, 0.2) is 176 Å². The average Bonchev–Trinajstić information content (AvgIpc) is 3.71. The molecule has 2 heteroatoms. The number of fused-ring (bicyclic) bond motifs is 8. The van der Waals surface area contributed by atoms with Crippen molar-refractivity contribution in [2.75, 3.05) is 0 Å². The number of para-hydroxylation sites is 1. The van der Waals surface area contributed by atoms with Crippen molar-refractivity contribution >= 4 is 43.4 Å². The van der Waals surface area contributed by atoms with Crippen molar-refractivity contribution in [3.05, 3.63) is 182 Å². The highest BCUT2D eigenvalue weighted by molar-refractivity contribution is 6.34. The van der Waals surface area contributed by atoms with E-state index in [9.17, 15) is 0 Å². The lowest BCUT2D eigenvalue weighted by Gasteiger charge is -2.20. The van der Waals surface area contributed by atoms with Crippen molar-refractivity contribution in [3.63, 3.8) is 0 Å². The molecule has 0 N–H and O–H groups in total. The smallest absolute Gasteiger partial charge is 0.0553 e. The van der Waals surface area contributed by atoms with Gasteiger partial charge in [0.2, 0.25) is 0 Å². The van der Waals surface area contributed by atoms with Gasteiger partial charge in [0.1, 0.15) is 0 Å². The largest absolute Gasteiger partial charge is 0.309 e. The Bertz CT molecular complexity index is 3030. The first-order valence-corrected chi connectivity index (χ1v) is 18.0. The first-order valence-electron chi connectivity index (χ1n) is 18.0. The van der Waals surface area contributed by atoms with Crippen molar-refractivity contribution in [2.24, 2.45) is 0 Å². The number of hydrogen-bond acceptors (Lipinski definition) is 1. The summed E-state index contributed by atoms with van der Waals surface area (Å²) in [5.74, 6) is 0. The van der Waals surface area contributed by atoms with Crippen molar-refractivity contribution in [1.82, 2.24) is 9.55 Å². The zero-order valence-electron chi connectivity index (χ0n) is 28.6. The number of rotatable bonds is 4. The summed E-state index contributed by atoms with van der Waals surface area (Å²) in [6, 6.07) is 62.4. The Labute approximate surface area is 301 Å². The van der Waals surface area contributed by atoms with Gasteiger partial charge in [-0.1, -0.05) is 133 Å². The van der Waals surface area contributed by atoms with Crippen molar-refractivity contribution in [2.45, 2.75) is 6.92 Å². The normalized spacial score (nSPS) is 11.9. The van der Waals surface area contributed by atoms with Gasteiger partial charge in [-0.2, -0.15) is 0 Å². The molecule has 242 valence electrons. The SMILES string of the molecule is Cc1ccc(-c2ccc3c(c2)c2c4cccc5c4c(cc2n3-c2ccccc2)-c2c-5c(-c3ccccc3)c3ccccc3c2-c2ccccc2)cn1. The summed E-state index contributed by atoms with van der Waals surface area (Å²) >= 11 is 0. The first kappa shape index (κ1) is 29.0. The zero-order chi connectivity index (χ0) is 34.3. The maximum Gasteiger partial charge on any atom is 0.0553 e. The maximum absolute atomic E-state index is 4.64. The van der Waals surface area contributed by atoms with E-state index in [-0.39, 0.29) is 0 Å². The molecule has 2 nitrogen and oxygen atoms in total. The Balaban J connectivity index is 1.34. The second-order valence-electron chi connectivity index (χ2n) is 13.9. The van der Waals surface area contributed by atoms with Crippen molar-refractivity contribution < 1.29 is 0 Å². The summed E-state index contributed by atoms with van der Waals surface area (Å²) in [5, 5.41) is 7.67. The predicted molar refractivity (Wildman–Crippen MR) is 219 cm³/mol. The number of hydrogen-bond donors (Lipinski definition) is 0. The van der Waals surface area contributed by atoms with Gasteiger partial charge in [-0.3, -0.25) is 4.98 Å². The van der Waals surface area contributed by atoms with Gasteiger partial charge < -0.3 is 4.57 Å². The van der Waals surface area contributed by atoms with E-state index in [0.717, 1.165) is 16.9 Å². The van der Waals surface area contributed by atoms with Gasteiger partial charge in [-0.15, -0.1) is 0 Å². The molecular weight excluding hydrogens is 629 g/mol. The first-order chi connectivity index (χ1) is 25.7. The van der Waals surface area contributed by atoms with E-state index in [0.29, 0.717) is 0 Å². The van der Waals surface area contributed by atoms with Crippen molar-refractivity contribution in [1.29, 1.82) is 0 Å². The molecule has 0 bridgehead atoms. The lowest BCUT2D eigenvalue weighted by Crippen LogP contribution is -1.95. The van der Waals surface area contributed by atoms with Crippen molar-refractivity contribution in [3.8, 4) is 61.3 Å². The zero-order valence-corrected chi connectivity index (χ0v) is 28.6. The van der Waals surface area contributed by atoms with E-state index in [4.69, 9.17) is 0 Å². The minimum Gasteiger partial charge on any atom is -0.309 e. The second-order valence-corrected chi connectivity index (χ2v) is 13.9. The molecule has 10 aromatic rings. The molecule has 0 amide bonds. The van der Waals surface area contributed by atoms with E-state index in [1.54, 1.807) is 0 Å². The molecule has 0 saturated heterocycles. The Morgan fingerprint density at radius 1 is 0.385 bits per heavy atom. The molecule has 11 rings (SSSR count). The van der Waals surface area contributed by atoms with Crippen LogP contribution in [-0.4, -0.2) is 9.55 Å². The molecule has 1 aliphatic carbocycles. The van der Waals surface area contributed by atoms with Gasteiger partial charge in [0, 0.05) is 33.9 Å². The topological polar surface area (TPSA) is 17.8 Å². The Morgan fingerprint density at radius 3 is 1.63 bits per heavy atom. The van der Waals surface area contributed by atoms with Crippen LogP contribution in [0.4, 0.5) is 0 Å². The molecule has 0 atom stereocenters. The van der Waals surface area contributed by atoms with Crippen LogP contribution in [0.1, 0.15) is 5.69 Å². The van der Waals surface area contributed by atoms with Crippen LogP contribution in [0, 0.1) is 6.92 Å². The van der Waals surface area contributed by atoms with Gasteiger partial charge in [-0.05, 0) is 115 Å². The highest BCUT2D eigenvalue weighted by atomic mass is 15.0. The van der Waals surface area contributed by atoms with Gasteiger partial charge in [0.15, 0.2) is 0 Å². The van der Waals surface area contributed by atoms with Crippen LogP contribution in [0.2, 0.25) is 0 Å². The predicted octanol–water partition coefficient (Wildman–Crippen LogP) is 13.4. The molecule has 0 unspecified atom stereocenters. The maximum atomic E-state index is 4.64. The molecule has 0 aliphatic heterocycles. The lowest BCUT2D eigenvalue weighted by atomic mass is 9.82. The fourth-order valence-corrected chi connectivity index (χ4v) is 8.86. The standard InChI is InChI=1S/C50H32N2/c1-31-24-25-35(30-51-31)34-26-27-43-41(28-34)48-39-22-13-23-40-47(39)42(29-44(48)52(43)36-18-9-4-10-19-36)50-46(33-16-7-3-8-17-33)38-21-12-11-20-37(38)45(49(40)50)32-14-5-2-6-15-32/h2-30H,1H3. The number of aryl methyl sites for hydroxylation is 1. The lowest BCUT2D eigenvalue weighted by molar-refractivity contribution is 1.18. The second kappa shape index (κ2) is 11.1. The minimum absolute atomic E-state index is 1.02. The van der Waals surface area contributed by atoms with E-state index in [1.165, 1.54) is 93.4 Å². The summed E-state index contributed by atoms with van der Waals surface area (Å²) in [4.78, 5) is 4.64. The molecule has 0 saturated carbocycles. The average molecular weight is 661 g/mol. The summed E-state index contributed by atoms with van der Waals surface area (Å²) in [6.45, 7) is 2.04. The van der Waals surface area contributed by atoms with Gasteiger partial charge >= 0.3 is 0 Å². The fourth-order valence-electron chi connectivity index (χ4n) is 8.86. The highest BCUT2D eigenvalue weighted by Crippen LogP contribution is 2.59. The quantitative estimate of drug-likeness (QED) is 0.184. The molecule has 0 fully saturated rings. The molecule has 1 aliphatic rings. The van der Waals surface area contributed by atoms with E-state index in [2.05, 4.69) is 179 Å². The highest BCUT2D eigenvalue weighted by Gasteiger charge is 2.32. The van der Waals surface area contributed by atoms with Gasteiger partial charge in [0.05, 0.1) is 11.0 Å². The molecule has 0 radical (unpaired) electrons. The molecule has 2 aromatic heterocycles. The molecule has 52 heavy (non-hydrogen) atoms. The van der Waals surface area contributed by atoms with Crippen LogP contribution in [0.25, 0.3) is 105 Å². The summed E-state index contributed by atoms with van der Waals surface area (Å²) in [7, 11) is 0. The third kappa shape index (κ3) is 4.09. The minimum atomic E-state index is 1.02. The van der Waals surface area contributed by atoms with Gasteiger partial charge in [-0.25, -0.2) is 0 Å². The number of aromatic nitrogens is 2. The van der Waals surface area contributed by atoms with Crippen LogP contribution >= 0.6 is 0 Å². The third-order valence-corrected chi connectivity index (χ3v) is 11.0. The Kier molecular flexibility index (Phi) is 6.20. The summed E-state index contributed by atoms with van der Waals surface area (Å²) < 4.78 is 2.46. The molecular formula is C50H32N2. The monoisotopic (exact) mass is 660 g/mol. The Morgan fingerprint density at radius 2 is 0.981 bits per heavy atom. The summed E-state index contributed by atoms with van der Waals surface area (Å²) in [6.07, 6.45) is 1.99. The van der Waals surface area contributed by atoms with Crippen LogP contribution in [0.3, 0.4) is 0 Å². The molecule has 0 spiro atoms. The van der Waals surface area contributed by atoms with Crippen LogP contribution < -0.4 is 0 Å². The number of benzene rings is 8. The van der Waals surface area contributed by atoms with E-state index < -0.39 is 0 Å². The van der Waals surface area contributed by atoms with E-state index in [1.807, 2.05) is 13.1 Å². The summed E-state index contributed by atoms with van der Waals surface area (Å²) in [5.41, 5.74) is 17.1. The third-order valence-electron chi connectivity index (χ3n) is 11.0. The van der Waals surface area contributed by atoms with E-state index >= 15 is 0 Å². The van der Waals surface area contributed by atoms with Gasteiger partial charge in [0.25, 0.3) is 0 Å². The van der Waals surface area contributed by atoms with Crippen LogP contribution in [-0.2, 0) is 0 Å². The number of nitrogens with zero attached hydrogens (tertiary/aromatic N) is 2. The van der Waals surface area contributed by atoms with Crippen LogP contribution in [0.5, 0.6) is 0 Å². The fraction of sp³-hybridized carbons (Fsp3) is 0.0200. The molecule has 8 aromatic carbocycles. The Hall–Kier alpha value is -6.77. The molecule has 2 heterocycles.